The van der Waals surface area contributed by atoms with Gasteiger partial charge in [0.2, 0.25) is 0 Å². The number of benzene rings is 2. The van der Waals surface area contributed by atoms with Crippen molar-refractivity contribution in [2.45, 2.75) is 20.3 Å². The standard InChI is InChI=1S/C18H19NO/c1-3-16(13-15-7-5-4-6-8-15)18(20)19-17-11-9-14(2)10-12-17/h3-12H,13H2,1-2H3,(H,19,20)/b16-3+. The molecule has 0 bridgehead atoms. The maximum absolute atomic E-state index is 12.3. The number of rotatable bonds is 4. The highest BCUT2D eigenvalue weighted by Gasteiger charge is 2.09. The molecule has 0 radical (unpaired) electrons. The zero-order valence-corrected chi connectivity index (χ0v) is 11.9. The summed E-state index contributed by atoms with van der Waals surface area (Å²) in [4.78, 5) is 12.3. The molecule has 0 saturated carbocycles. The van der Waals surface area contributed by atoms with E-state index in [0.717, 1.165) is 16.8 Å². The Hall–Kier alpha value is -2.35. The lowest BCUT2D eigenvalue weighted by atomic mass is 10.0. The maximum Gasteiger partial charge on any atom is 0.251 e. The molecule has 2 heteroatoms. The minimum Gasteiger partial charge on any atom is -0.322 e. The van der Waals surface area contributed by atoms with Crippen LogP contribution in [0.2, 0.25) is 0 Å². The van der Waals surface area contributed by atoms with Gasteiger partial charge in [-0.15, -0.1) is 0 Å². The summed E-state index contributed by atoms with van der Waals surface area (Å²) in [6, 6.07) is 17.8. The topological polar surface area (TPSA) is 29.1 Å². The first-order chi connectivity index (χ1) is 9.69. The van der Waals surface area contributed by atoms with Gasteiger partial charge in [-0.25, -0.2) is 0 Å². The Morgan fingerprint density at radius 3 is 2.30 bits per heavy atom. The molecule has 0 saturated heterocycles. The Balaban J connectivity index is 2.05. The third-order valence-corrected chi connectivity index (χ3v) is 3.19. The summed E-state index contributed by atoms with van der Waals surface area (Å²) in [5, 5.41) is 2.93. The molecule has 0 spiro atoms. The lowest BCUT2D eigenvalue weighted by molar-refractivity contribution is -0.112. The van der Waals surface area contributed by atoms with Gasteiger partial charge in [-0.1, -0.05) is 54.1 Å². The molecular weight excluding hydrogens is 246 g/mol. The molecule has 0 aliphatic carbocycles. The largest absolute Gasteiger partial charge is 0.322 e. The predicted octanol–water partition coefficient (Wildman–Crippen LogP) is 4.12. The number of aryl methyl sites for hydroxylation is 1. The van der Waals surface area contributed by atoms with Crippen LogP contribution in [0.25, 0.3) is 0 Å². The monoisotopic (exact) mass is 265 g/mol. The number of nitrogens with one attached hydrogen (secondary N) is 1. The Kier molecular flexibility index (Phi) is 4.72. The molecule has 2 rings (SSSR count). The number of allylic oxidation sites excluding steroid dienone is 1. The highest BCUT2D eigenvalue weighted by molar-refractivity contribution is 6.03. The summed E-state index contributed by atoms with van der Waals surface area (Å²) in [5.74, 6) is -0.0415. The van der Waals surface area contributed by atoms with Crippen LogP contribution in [0.4, 0.5) is 5.69 Å². The molecule has 0 aliphatic heterocycles. The van der Waals surface area contributed by atoms with Crippen LogP contribution in [0, 0.1) is 6.92 Å². The van der Waals surface area contributed by atoms with Crippen LogP contribution in [0.5, 0.6) is 0 Å². The highest BCUT2D eigenvalue weighted by Crippen LogP contribution is 2.13. The molecule has 0 aromatic heterocycles. The van der Waals surface area contributed by atoms with Crippen molar-refractivity contribution < 1.29 is 4.79 Å². The third kappa shape index (κ3) is 3.82. The molecule has 0 fully saturated rings. The summed E-state index contributed by atoms with van der Waals surface area (Å²) in [6.07, 6.45) is 2.52. The fourth-order valence-electron chi connectivity index (χ4n) is 1.98. The van der Waals surface area contributed by atoms with E-state index in [-0.39, 0.29) is 5.91 Å². The smallest absolute Gasteiger partial charge is 0.251 e. The van der Waals surface area contributed by atoms with Crippen LogP contribution < -0.4 is 5.32 Å². The fourth-order valence-corrected chi connectivity index (χ4v) is 1.98. The summed E-state index contributed by atoms with van der Waals surface area (Å²) < 4.78 is 0. The summed E-state index contributed by atoms with van der Waals surface area (Å²) in [7, 11) is 0. The van der Waals surface area contributed by atoms with Gasteiger partial charge in [0.25, 0.3) is 5.91 Å². The van der Waals surface area contributed by atoms with E-state index in [0.29, 0.717) is 6.42 Å². The van der Waals surface area contributed by atoms with Crippen molar-refractivity contribution in [3.63, 3.8) is 0 Å². The first kappa shape index (κ1) is 14.1. The number of carbonyl (C=O) groups is 1. The highest BCUT2D eigenvalue weighted by atomic mass is 16.1. The number of hydrogen-bond donors (Lipinski definition) is 1. The van der Waals surface area contributed by atoms with Crippen LogP contribution >= 0.6 is 0 Å². The van der Waals surface area contributed by atoms with E-state index in [1.807, 2.05) is 74.5 Å². The second-order valence-corrected chi connectivity index (χ2v) is 4.80. The van der Waals surface area contributed by atoms with Crippen molar-refractivity contribution in [2.24, 2.45) is 0 Å². The predicted molar refractivity (Wildman–Crippen MR) is 83.7 cm³/mol. The molecule has 1 amide bonds. The van der Waals surface area contributed by atoms with Crippen molar-refractivity contribution in [2.75, 3.05) is 5.32 Å². The molecule has 102 valence electrons. The second kappa shape index (κ2) is 6.71. The van der Waals surface area contributed by atoms with Crippen molar-refractivity contribution in [3.05, 3.63) is 77.4 Å². The third-order valence-electron chi connectivity index (χ3n) is 3.19. The molecule has 0 unspecified atom stereocenters. The minimum atomic E-state index is -0.0415. The second-order valence-electron chi connectivity index (χ2n) is 4.80. The average Bonchev–Trinajstić information content (AvgIpc) is 2.48. The van der Waals surface area contributed by atoms with E-state index in [1.54, 1.807) is 0 Å². The van der Waals surface area contributed by atoms with Gasteiger partial charge in [0, 0.05) is 17.7 Å². The van der Waals surface area contributed by atoms with Crippen LogP contribution in [0.1, 0.15) is 18.1 Å². The van der Waals surface area contributed by atoms with Gasteiger partial charge in [0.1, 0.15) is 0 Å². The molecule has 0 aliphatic rings. The summed E-state index contributed by atoms with van der Waals surface area (Å²) >= 11 is 0. The van der Waals surface area contributed by atoms with E-state index in [1.165, 1.54) is 5.56 Å². The Bertz CT molecular complexity index is 597. The lowest BCUT2D eigenvalue weighted by Crippen LogP contribution is -2.15. The van der Waals surface area contributed by atoms with Crippen LogP contribution in [0.15, 0.2) is 66.2 Å². The van der Waals surface area contributed by atoms with Crippen molar-refractivity contribution in [3.8, 4) is 0 Å². The van der Waals surface area contributed by atoms with Gasteiger partial charge in [0.05, 0.1) is 0 Å². The van der Waals surface area contributed by atoms with Gasteiger partial charge in [-0.2, -0.15) is 0 Å². The van der Waals surface area contributed by atoms with Crippen LogP contribution in [-0.2, 0) is 11.2 Å². The van der Waals surface area contributed by atoms with Crippen LogP contribution in [-0.4, -0.2) is 5.91 Å². The Morgan fingerprint density at radius 2 is 1.70 bits per heavy atom. The first-order valence-electron chi connectivity index (χ1n) is 6.76. The first-order valence-corrected chi connectivity index (χ1v) is 6.76. The summed E-state index contributed by atoms with van der Waals surface area (Å²) in [6.45, 7) is 3.92. The fraction of sp³-hybridized carbons (Fsp3) is 0.167. The number of anilines is 1. The summed E-state index contributed by atoms with van der Waals surface area (Å²) in [5.41, 5.74) is 3.92. The van der Waals surface area contributed by atoms with Crippen molar-refractivity contribution in [1.82, 2.24) is 0 Å². The number of carbonyl (C=O) groups excluding carboxylic acids is 1. The zero-order valence-electron chi connectivity index (χ0n) is 11.9. The molecular formula is C18H19NO. The maximum atomic E-state index is 12.3. The van der Waals surface area contributed by atoms with E-state index >= 15 is 0 Å². The van der Waals surface area contributed by atoms with Gasteiger partial charge in [0.15, 0.2) is 0 Å². The molecule has 2 aromatic rings. The quantitative estimate of drug-likeness (QED) is 0.828. The van der Waals surface area contributed by atoms with E-state index in [9.17, 15) is 4.79 Å². The normalized spacial score (nSPS) is 11.2. The Labute approximate surface area is 120 Å². The zero-order chi connectivity index (χ0) is 14.4. The minimum absolute atomic E-state index is 0.0415. The molecule has 2 aromatic carbocycles. The molecule has 0 heterocycles. The molecule has 1 N–H and O–H groups in total. The van der Waals surface area contributed by atoms with Gasteiger partial charge >= 0.3 is 0 Å². The number of amides is 1. The Morgan fingerprint density at radius 1 is 1.05 bits per heavy atom. The van der Waals surface area contributed by atoms with E-state index in [4.69, 9.17) is 0 Å². The number of hydrogen-bond acceptors (Lipinski definition) is 1. The molecule has 20 heavy (non-hydrogen) atoms. The molecule has 0 atom stereocenters. The van der Waals surface area contributed by atoms with Crippen LogP contribution in [0.3, 0.4) is 0 Å². The van der Waals surface area contributed by atoms with Crippen molar-refractivity contribution in [1.29, 1.82) is 0 Å². The average molecular weight is 265 g/mol. The SMILES string of the molecule is C/C=C(\Cc1ccccc1)C(=O)Nc1ccc(C)cc1. The van der Waals surface area contributed by atoms with Gasteiger partial charge in [-0.3, -0.25) is 4.79 Å². The lowest BCUT2D eigenvalue weighted by Gasteiger charge is -2.09. The van der Waals surface area contributed by atoms with E-state index < -0.39 is 0 Å². The van der Waals surface area contributed by atoms with Crippen molar-refractivity contribution >= 4 is 11.6 Å². The van der Waals surface area contributed by atoms with Gasteiger partial charge in [-0.05, 0) is 31.5 Å². The van der Waals surface area contributed by atoms with E-state index in [2.05, 4.69) is 5.32 Å². The van der Waals surface area contributed by atoms with Gasteiger partial charge < -0.3 is 5.32 Å². The molecule has 2 nitrogen and oxygen atoms in total.